The highest BCUT2D eigenvalue weighted by Crippen LogP contribution is 2.36. The number of hydrogen-bond acceptors (Lipinski definition) is 6. The summed E-state index contributed by atoms with van der Waals surface area (Å²) in [4.78, 5) is 18.8. The number of methoxy groups -OCH3 is 2. The molecular formula is C19H25ClN4O3. The van der Waals surface area contributed by atoms with E-state index in [-0.39, 0.29) is 5.91 Å². The van der Waals surface area contributed by atoms with Crippen LogP contribution < -0.4 is 20.1 Å². The van der Waals surface area contributed by atoms with Crippen molar-refractivity contribution >= 4 is 28.9 Å². The second-order valence-electron chi connectivity index (χ2n) is 6.16. The minimum atomic E-state index is -0.350. The van der Waals surface area contributed by atoms with Crippen molar-refractivity contribution in [2.75, 3.05) is 52.0 Å². The predicted molar refractivity (Wildman–Crippen MR) is 108 cm³/mol. The largest absolute Gasteiger partial charge is 0.495 e. The van der Waals surface area contributed by atoms with Crippen LogP contribution in [0.4, 0.5) is 11.4 Å². The Labute approximate surface area is 164 Å². The number of nitrogens with zero attached hydrogens (tertiary/aromatic N) is 2. The molecule has 2 rings (SSSR count). The van der Waals surface area contributed by atoms with Crippen LogP contribution >= 0.6 is 11.6 Å². The summed E-state index contributed by atoms with van der Waals surface area (Å²) in [5.41, 5.74) is 1.62. The molecule has 27 heavy (non-hydrogen) atoms. The molecule has 0 aliphatic carbocycles. The molecule has 0 fully saturated rings. The number of rotatable bonds is 9. The highest BCUT2D eigenvalue weighted by molar-refractivity contribution is 6.32. The molecule has 146 valence electrons. The summed E-state index contributed by atoms with van der Waals surface area (Å²) in [7, 11) is 7.09. The van der Waals surface area contributed by atoms with Crippen LogP contribution in [0.15, 0.2) is 30.5 Å². The molecule has 8 heteroatoms. The zero-order valence-electron chi connectivity index (χ0n) is 16.0. The Kier molecular flexibility index (Phi) is 7.69. The van der Waals surface area contributed by atoms with Crippen molar-refractivity contribution in [2.24, 2.45) is 0 Å². The van der Waals surface area contributed by atoms with Crippen LogP contribution in [0.3, 0.4) is 0 Å². The maximum atomic E-state index is 12.5. The van der Waals surface area contributed by atoms with E-state index in [1.807, 2.05) is 20.2 Å². The smallest absolute Gasteiger partial charge is 0.274 e. The zero-order valence-corrected chi connectivity index (χ0v) is 16.8. The molecule has 7 nitrogen and oxygen atoms in total. The molecule has 0 unspecified atom stereocenters. The maximum Gasteiger partial charge on any atom is 0.274 e. The molecule has 0 radical (unpaired) electrons. The van der Waals surface area contributed by atoms with Gasteiger partial charge in [-0.3, -0.25) is 4.79 Å². The lowest BCUT2D eigenvalue weighted by Crippen LogP contribution is -2.17. The average Bonchev–Trinajstić information content (AvgIpc) is 2.66. The van der Waals surface area contributed by atoms with Gasteiger partial charge in [0.25, 0.3) is 5.91 Å². The number of carbonyl (C=O) groups excluding carboxylic acids is 1. The lowest BCUT2D eigenvalue weighted by molar-refractivity contribution is 0.102. The lowest BCUT2D eigenvalue weighted by Gasteiger charge is -2.13. The van der Waals surface area contributed by atoms with E-state index in [1.54, 1.807) is 24.4 Å². The molecule has 0 aliphatic rings. The first-order valence-corrected chi connectivity index (χ1v) is 8.90. The number of amides is 1. The van der Waals surface area contributed by atoms with Gasteiger partial charge in [-0.05, 0) is 39.2 Å². The second-order valence-corrected chi connectivity index (χ2v) is 6.56. The fourth-order valence-electron chi connectivity index (χ4n) is 2.41. The van der Waals surface area contributed by atoms with Crippen molar-refractivity contribution in [3.8, 4) is 11.5 Å². The number of aromatic nitrogens is 1. The van der Waals surface area contributed by atoms with Crippen molar-refractivity contribution in [2.45, 2.75) is 6.42 Å². The molecule has 0 spiro atoms. The van der Waals surface area contributed by atoms with E-state index in [9.17, 15) is 4.79 Å². The normalized spacial score (nSPS) is 10.6. The minimum Gasteiger partial charge on any atom is -0.495 e. The van der Waals surface area contributed by atoms with Crippen LogP contribution in [0.1, 0.15) is 16.9 Å². The van der Waals surface area contributed by atoms with Gasteiger partial charge in [-0.15, -0.1) is 0 Å². The summed E-state index contributed by atoms with van der Waals surface area (Å²) in [6, 6.07) is 6.70. The van der Waals surface area contributed by atoms with Gasteiger partial charge in [0.1, 0.15) is 17.2 Å². The van der Waals surface area contributed by atoms with Crippen LogP contribution in [-0.4, -0.2) is 57.2 Å². The van der Waals surface area contributed by atoms with Crippen molar-refractivity contribution in [1.29, 1.82) is 0 Å². The van der Waals surface area contributed by atoms with Crippen molar-refractivity contribution < 1.29 is 14.3 Å². The molecule has 0 saturated heterocycles. The Morgan fingerprint density at radius 2 is 1.93 bits per heavy atom. The van der Waals surface area contributed by atoms with Gasteiger partial charge in [-0.25, -0.2) is 4.98 Å². The van der Waals surface area contributed by atoms with E-state index in [1.165, 1.54) is 14.2 Å². The third kappa shape index (κ3) is 6.01. The van der Waals surface area contributed by atoms with Crippen molar-refractivity contribution in [1.82, 2.24) is 9.88 Å². The lowest BCUT2D eigenvalue weighted by atomic mass is 10.2. The first-order valence-electron chi connectivity index (χ1n) is 8.52. The summed E-state index contributed by atoms with van der Waals surface area (Å²) in [5.74, 6) is 0.531. The molecule has 1 amide bonds. The van der Waals surface area contributed by atoms with E-state index in [2.05, 4.69) is 20.5 Å². The number of carbonyl (C=O) groups is 1. The molecule has 0 bridgehead atoms. The first kappa shape index (κ1) is 20.8. The molecule has 2 N–H and O–H groups in total. The van der Waals surface area contributed by atoms with E-state index < -0.39 is 0 Å². The summed E-state index contributed by atoms with van der Waals surface area (Å²) < 4.78 is 10.4. The third-order valence-corrected chi connectivity index (χ3v) is 4.12. The number of benzene rings is 1. The fourth-order valence-corrected chi connectivity index (χ4v) is 2.64. The fraction of sp³-hybridized carbons (Fsp3) is 0.368. The van der Waals surface area contributed by atoms with E-state index >= 15 is 0 Å². The van der Waals surface area contributed by atoms with Crippen LogP contribution in [0, 0.1) is 0 Å². The van der Waals surface area contributed by atoms with Gasteiger partial charge in [0, 0.05) is 18.7 Å². The second kappa shape index (κ2) is 9.99. The van der Waals surface area contributed by atoms with Crippen LogP contribution in [0.25, 0.3) is 0 Å². The number of nitrogens with one attached hydrogen (secondary N) is 2. The van der Waals surface area contributed by atoms with Gasteiger partial charge in [0.2, 0.25) is 0 Å². The Balaban J connectivity index is 2.02. The van der Waals surface area contributed by atoms with Gasteiger partial charge < -0.3 is 25.0 Å². The molecule has 0 aliphatic heterocycles. The van der Waals surface area contributed by atoms with Gasteiger partial charge in [-0.2, -0.15) is 0 Å². The minimum absolute atomic E-state index is 0.296. The number of ether oxygens (including phenoxy) is 2. The third-order valence-electron chi connectivity index (χ3n) is 3.83. The monoisotopic (exact) mass is 392 g/mol. The van der Waals surface area contributed by atoms with Crippen LogP contribution in [0.2, 0.25) is 5.02 Å². The molecular weight excluding hydrogens is 368 g/mol. The quantitative estimate of drug-likeness (QED) is 0.637. The Hall–Kier alpha value is -2.51. The van der Waals surface area contributed by atoms with Crippen molar-refractivity contribution in [3.63, 3.8) is 0 Å². The van der Waals surface area contributed by atoms with Gasteiger partial charge in [0.05, 0.1) is 36.8 Å². The predicted octanol–water partition coefficient (Wildman–Crippen LogP) is 3.37. The number of halogens is 1. The SMILES string of the molecule is COc1cc(NC(=O)c2ccc(NCCCN(C)C)cn2)c(OC)cc1Cl. The molecule has 0 saturated carbocycles. The summed E-state index contributed by atoms with van der Waals surface area (Å²) in [5, 5.41) is 6.45. The number of pyridine rings is 1. The highest BCUT2D eigenvalue weighted by atomic mass is 35.5. The Bertz CT molecular complexity index is 766. The van der Waals surface area contributed by atoms with Gasteiger partial charge in [0.15, 0.2) is 0 Å². The summed E-state index contributed by atoms with van der Waals surface area (Å²) >= 11 is 6.08. The van der Waals surface area contributed by atoms with E-state index in [0.717, 1.165) is 25.2 Å². The van der Waals surface area contributed by atoms with E-state index in [4.69, 9.17) is 21.1 Å². The summed E-state index contributed by atoms with van der Waals surface area (Å²) in [6.45, 7) is 1.85. The zero-order chi connectivity index (χ0) is 19.8. The molecule has 0 atom stereocenters. The molecule has 1 aromatic carbocycles. The van der Waals surface area contributed by atoms with Gasteiger partial charge >= 0.3 is 0 Å². The highest BCUT2D eigenvalue weighted by Gasteiger charge is 2.14. The summed E-state index contributed by atoms with van der Waals surface area (Å²) in [6.07, 6.45) is 2.66. The molecule has 2 aromatic rings. The van der Waals surface area contributed by atoms with Crippen LogP contribution in [-0.2, 0) is 0 Å². The number of hydrogen-bond donors (Lipinski definition) is 2. The van der Waals surface area contributed by atoms with E-state index in [0.29, 0.717) is 27.9 Å². The van der Waals surface area contributed by atoms with Crippen LogP contribution in [0.5, 0.6) is 11.5 Å². The Morgan fingerprint density at radius 1 is 1.19 bits per heavy atom. The van der Waals surface area contributed by atoms with Gasteiger partial charge in [-0.1, -0.05) is 11.6 Å². The van der Waals surface area contributed by atoms with Crippen molar-refractivity contribution in [3.05, 3.63) is 41.2 Å². The topological polar surface area (TPSA) is 75.7 Å². The maximum absolute atomic E-state index is 12.5. The molecule has 1 aromatic heterocycles. The standard InChI is InChI=1S/C19H25ClN4O3/c1-24(2)9-5-8-21-13-6-7-15(22-12-13)19(25)23-16-11-17(26-3)14(20)10-18(16)27-4/h6-7,10-12,21H,5,8-9H2,1-4H3,(H,23,25). The number of anilines is 2. The molecule has 1 heterocycles. The Morgan fingerprint density at radius 3 is 2.52 bits per heavy atom. The first-order chi connectivity index (χ1) is 12.9. The average molecular weight is 393 g/mol.